The molecule has 0 saturated heterocycles. The van der Waals surface area contributed by atoms with Crippen LogP contribution in [0.2, 0.25) is 0 Å². The highest BCUT2D eigenvalue weighted by molar-refractivity contribution is 5.82. The summed E-state index contributed by atoms with van der Waals surface area (Å²) in [5.41, 5.74) is -0.350. The Morgan fingerprint density at radius 3 is 2.87 bits per heavy atom. The number of rotatable bonds is 4. The van der Waals surface area contributed by atoms with E-state index in [1.165, 1.54) is 6.92 Å². The summed E-state index contributed by atoms with van der Waals surface area (Å²) in [6.07, 6.45) is -0.468. The molecule has 82 valence electrons. The zero-order chi connectivity index (χ0) is 11.4. The third-order valence-electron chi connectivity index (χ3n) is 1.66. The normalized spacial score (nSPS) is 12.3. The first-order valence-electron chi connectivity index (χ1n) is 4.27. The number of aromatic nitrogens is 1. The third kappa shape index (κ3) is 2.95. The maximum atomic E-state index is 13.0. The first-order valence-corrected chi connectivity index (χ1v) is 4.27. The summed E-state index contributed by atoms with van der Waals surface area (Å²) in [6, 6.07) is 0.525. The lowest BCUT2D eigenvalue weighted by atomic mass is 10.2. The topological polar surface area (TPSA) is 62.2 Å². The predicted octanol–water partition coefficient (Wildman–Crippen LogP) is 0.965. The van der Waals surface area contributed by atoms with E-state index >= 15 is 0 Å². The first kappa shape index (κ1) is 11.5. The molecule has 4 nitrogen and oxygen atoms in total. The number of anilines is 1. The Balaban J connectivity index is 2.98. The molecule has 2 N–H and O–H groups in total. The molecule has 0 spiro atoms. The largest absolute Gasteiger partial charge is 0.392 e. The smallest absolute Gasteiger partial charge is 0.217 e. The Hall–Kier alpha value is -1.56. The second kappa shape index (κ2) is 4.79. The number of nitrogens with zero attached hydrogens (tertiary/aromatic N) is 1. The van der Waals surface area contributed by atoms with Gasteiger partial charge in [0.05, 0.1) is 11.7 Å². The van der Waals surface area contributed by atoms with Crippen LogP contribution in [0.4, 0.5) is 14.6 Å². The van der Waals surface area contributed by atoms with Crippen LogP contribution in [0.25, 0.3) is 0 Å². The monoisotopic (exact) mass is 216 g/mol. The van der Waals surface area contributed by atoms with E-state index in [9.17, 15) is 13.6 Å². The maximum absolute atomic E-state index is 13.0. The SMILES string of the molecule is CC(O)CNc1nc(F)cc(F)c1C=O. The van der Waals surface area contributed by atoms with Crippen LogP contribution in [0.1, 0.15) is 17.3 Å². The molecule has 1 atom stereocenters. The van der Waals surface area contributed by atoms with Crippen molar-refractivity contribution < 1.29 is 18.7 Å². The number of carbonyl (C=O) groups is 1. The summed E-state index contributed by atoms with van der Waals surface area (Å²) in [6.45, 7) is 1.54. The van der Waals surface area contributed by atoms with E-state index in [1.54, 1.807) is 0 Å². The molecule has 0 bridgehead atoms. The highest BCUT2D eigenvalue weighted by Crippen LogP contribution is 2.15. The van der Waals surface area contributed by atoms with Crippen molar-refractivity contribution in [1.82, 2.24) is 4.98 Å². The third-order valence-corrected chi connectivity index (χ3v) is 1.66. The minimum Gasteiger partial charge on any atom is -0.392 e. The fourth-order valence-electron chi connectivity index (χ4n) is 0.986. The number of nitrogens with one attached hydrogen (secondary N) is 1. The van der Waals surface area contributed by atoms with Gasteiger partial charge in [-0.1, -0.05) is 0 Å². The van der Waals surface area contributed by atoms with E-state index < -0.39 is 17.9 Å². The molecule has 6 heteroatoms. The van der Waals surface area contributed by atoms with Crippen LogP contribution >= 0.6 is 0 Å². The van der Waals surface area contributed by atoms with Gasteiger partial charge in [-0.05, 0) is 6.92 Å². The van der Waals surface area contributed by atoms with Gasteiger partial charge in [-0.15, -0.1) is 0 Å². The Morgan fingerprint density at radius 1 is 1.67 bits per heavy atom. The molecule has 1 unspecified atom stereocenters. The molecular formula is C9H10F2N2O2. The molecule has 0 amide bonds. The molecule has 0 radical (unpaired) electrons. The number of aliphatic hydroxyl groups is 1. The van der Waals surface area contributed by atoms with Gasteiger partial charge in [-0.25, -0.2) is 9.37 Å². The van der Waals surface area contributed by atoms with Crippen LogP contribution in [0.3, 0.4) is 0 Å². The molecule has 1 aromatic rings. The molecule has 0 aliphatic rings. The first-order chi connectivity index (χ1) is 7.04. The zero-order valence-corrected chi connectivity index (χ0v) is 8.00. The number of pyridine rings is 1. The summed E-state index contributed by atoms with van der Waals surface area (Å²) in [4.78, 5) is 13.8. The van der Waals surface area contributed by atoms with Gasteiger partial charge < -0.3 is 10.4 Å². The van der Waals surface area contributed by atoms with Crippen molar-refractivity contribution in [2.75, 3.05) is 11.9 Å². The predicted molar refractivity (Wildman–Crippen MR) is 49.7 cm³/mol. The minimum atomic E-state index is -1.02. The average molecular weight is 216 g/mol. The molecule has 0 aliphatic carbocycles. The summed E-state index contributed by atoms with van der Waals surface area (Å²) in [7, 11) is 0. The number of aldehydes is 1. The van der Waals surface area contributed by atoms with E-state index in [4.69, 9.17) is 5.11 Å². The maximum Gasteiger partial charge on any atom is 0.217 e. The van der Waals surface area contributed by atoms with E-state index in [-0.39, 0.29) is 24.2 Å². The lowest BCUT2D eigenvalue weighted by Crippen LogP contribution is -2.18. The van der Waals surface area contributed by atoms with Crippen molar-refractivity contribution in [3.05, 3.63) is 23.4 Å². The zero-order valence-electron chi connectivity index (χ0n) is 8.00. The van der Waals surface area contributed by atoms with Crippen LogP contribution in [0.5, 0.6) is 0 Å². The Labute approximate surface area is 84.9 Å². The van der Waals surface area contributed by atoms with Gasteiger partial charge in [-0.3, -0.25) is 4.79 Å². The number of carbonyl (C=O) groups excluding carboxylic acids is 1. The Morgan fingerprint density at radius 2 is 2.33 bits per heavy atom. The molecule has 0 saturated carbocycles. The van der Waals surface area contributed by atoms with Gasteiger partial charge >= 0.3 is 0 Å². The quantitative estimate of drug-likeness (QED) is 0.581. The van der Waals surface area contributed by atoms with Gasteiger partial charge in [0.2, 0.25) is 5.95 Å². The second-order valence-corrected chi connectivity index (χ2v) is 3.04. The van der Waals surface area contributed by atoms with Gasteiger partial charge in [0.1, 0.15) is 11.6 Å². The van der Waals surface area contributed by atoms with Crippen LogP contribution in [-0.4, -0.2) is 29.0 Å². The fourth-order valence-corrected chi connectivity index (χ4v) is 0.986. The highest BCUT2D eigenvalue weighted by Gasteiger charge is 2.12. The van der Waals surface area contributed by atoms with E-state index in [1.807, 2.05) is 0 Å². The van der Waals surface area contributed by atoms with Crippen molar-refractivity contribution in [3.8, 4) is 0 Å². The van der Waals surface area contributed by atoms with Gasteiger partial charge in [-0.2, -0.15) is 4.39 Å². The minimum absolute atomic E-state index is 0.0523. The van der Waals surface area contributed by atoms with Crippen LogP contribution < -0.4 is 5.32 Å². The second-order valence-electron chi connectivity index (χ2n) is 3.04. The lowest BCUT2D eigenvalue weighted by Gasteiger charge is -2.09. The Kier molecular flexibility index (Phi) is 3.68. The van der Waals surface area contributed by atoms with E-state index in [0.717, 1.165) is 0 Å². The highest BCUT2D eigenvalue weighted by atomic mass is 19.1. The fraction of sp³-hybridized carbons (Fsp3) is 0.333. The molecule has 15 heavy (non-hydrogen) atoms. The standard InChI is InChI=1S/C9H10F2N2O2/c1-5(15)3-12-9-6(4-14)7(10)2-8(11)13-9/h2,4-5,15H,3H2,1H3,(H,12,13). The Bertz CT molecular complexity index is 369. The molecule has 0 aromatic carbocycles. The van der Waals surface area contributed by atoms with Crippen LogP contribution in [0.15, 0.2) is 6.07 Å². The summed E-state index contributed by atoms with van der Waals surface area (Å²) in [5.74, 6) is -2.21. The van der Waals surface area contributed by atoms with Crippen molar-refractivity contribution >= 4 is 12.1 Å². The van der Waals surface area contributed by atoms with Gasteiger partial charge in [0.25, 0.3) is 0 Å². The van der Waals surface area contributed by atoms with Crippen LogP contribution in [-0.2, 0) is 0 Å². The van der Waals surface area contributed by atoms with Gasteiger partial charge in [0, 0.05) is 12.6 Å². The summed E-state index contributed by atoms with van der Waals surface area (Å²) >= 11 is 0. The van der Waals surface area contributed by atoms with E-state index in [2.05, 4.69) is 10.3 Å². The van der Waals surface area contributed by atoms with Crippen molar-refractivity contribution in [2.45, 2.75) is 13.0 Å². The molecule has 1 aromatic heterocycles. The van der Waals surface area contributed by atoms with Crippen molar-refractivity contribution in [1.29, 1.82) is 0 Å². The number of aliphatic hydroxyl groups excluding tert-OH is 1. The van der Waals surface area contributed by atoms with Crippen molar-refractivity contribution in [3.63, 3.8) is 0 Å². The number of hydrogen-bond donors (Lipinski definition) is 2. The molecule has 0 fully saturated rings. The number of halogens is 2. The molecule has 1 rings (SSSR count). The lowest BCUT2D eigenvalue weighted by molar-refractivity contribution is 0.112. The molecule has 0 aliphatic heterocycles. The summed E-state index contributed by atoms with van der Waals surface area (Å²) < 4.78 is 25.7. The summed E-state index contributed by atoms with van der Waals surface area (Å²) in [5, 5.41) is 11.4. The van der Waals surface area contributed by atoms with Gasteiger partial charge in [0.15, 0.2) is 6.29 Å². The van der Waals surface area contributed by atoms with E-state index in [0.29, 0.717) is 6.07 Å². The van der Waals surface area contributed by atoms with Crippen LogP contribution in [0, 0.1) is 11.8 Å². The average Bonchev–Trinajstić information content (AvgIpc) is 2.13. The number of hydrogen-bond acceptors (Lipinski definition) is 4. The van der Waals surface area contributed by atoms with Crippen molar-refractivity contribution in [2.24, 2.45) is 0 Å². The molecular weight excluding hydrogens is 206 g/mol. The molecule has 1 heterocycles.